The van der Waals surface area contributed by atoms with Gasteiger partial charge in [-0.15, -0.1) is 0 Å². The maximum absolute atomic E-state index is 12.6. The monoisotopic (exact) mass is 318 g/mol. The molecule has 2 aliphatic rings. The van der Waals surface area contributed by atoms with E-state index >= 15 is 0 Å². The molecule has 1 amide bonds. The van der Waals surface area contributed by atoms with Crippen LogP contribution in [0.4, 0.5) is 0 Å². The van der Waals surface area contributed by atoms with Crippen LogP contribution in [0.25, 0.3) is 0 Å². The van der Waals surface area contributed by atoms with Gasteiger partial charge in [-0.25, -0.2) is 4.98 Å². The number of hydrogen-bond acceptors (Lipinski definition) is 3. The van der Waals surface area contributed by atoms with Gasteiger partial charge in [-0.3, -0.25) is 4.79 Å². The van der Waals surface area contributed by atoms with Gasteiger partial charge in [-0.1, -0.05) is 13.8 Å². The summed E-state index contributed by atoms with van der Waals surface area (Å²) in [5, 5.41) is 3.29. The summed E-state index contributed by atoms with van der Waals surface area (Å²) in [7, 11) is 0. The van der Waals surface area contributed by atoms with E-state index in [1.165, 1.54) is 0 Å². The summed E-state index contributed by atoms with van der Waals surface area (Å²) >= 11 is 0. The molecule has 1 fully saturated rings. The van der Waals surface area contributed by atoms with Gasteiger partial charge in [0.05, 0.1) is 5.69 Å². The highest BCUT2D eigenvalue weighted by Gasteiger charge is 2.28. The van der Waals surface area contributed by atoms with E-state index in [0.717, 1.165) is 63.4 Å². The predicted molar refractivity (Wildman–Crippen MR) is 91.2 cm³/mol. The molecule has 1 saturated heterocycles. The molecule has 1 atom stereocenters. The summed E-state index contributed by atoms with van der Waals surface area (Å²) in [6, 6.07) is 0.261. The number of rotatable bonds is 4. The lowest BCUT2D eigenvalue weighted by Crippen LogP contribution is -2.46. The van der Waals surface area contributed by atoms with Crippen LogP contribution in [-0.2, 0) is 17.8 Å². The zero-order valence-corrected chi connectivity index (χ0v) is 14.7. The number of hydrogen-bond donors (Lipinski definition) is 1. The van der Waals surface area contributed by atoms with Crippen LogP contribution in [0.15, 0.2) is 6.20 Å². The highest BCUT2D eigenvalue weighted by atomic mass is 16.2. The minimum atomic E-state index is 0.198. The van der Waals surface area contributed by atoms with Crippen molar-refractivity contribution in [2.24, 2.45) is 11.8 Å². The van der Waals surface area contributed by atoms with Crippen LogP contribution in [0.2, 0.25) is 0 Å². The van der Waals surface area contributed by atoms with Crippen molar-refractivity contribution in [2.75, 3.05) is 19.6 Å². The molecule has 0 aliphatic carbocycles. The lowest BCUT2D eigenvalue weighted by Gasteiger charge is -2.33. The molecule has 1 aromatic rings. The molecule has 0 aromatic carbocycles. The van der Waals surface area contributed by atoms with Gasteiger partial charge in [-0.2, -0.15) is 0 Å². The van der Waals surface area contributed by atoms with E-state index in [9.17, 15) is 4.79 Å². The smallest absolute Gasteiger partial charge is 0.223 e. The molecule has 1 aromatic heterocycles. The van der Waals surface area contributed by atoms with Crippen LogP contribution in [0.5, 0.6) is 0 Å². The minimum Gasteiger partial charge on any atom is -0.351 e. The number of nitrogens with one attached hydrogen (secondary N) is 1. The van der Waals surface area contributed by atoms with E-state index in [-0.39, 0.29) is 17.9 Å². The summed E-state index contributed by atoms with van der Waals surface area (Å²) in [5.74, 6) is 2.33. The summed E-state index contributed by atoms with van der Waals surface area (Å²) in [5.41, 5.74) is 1.07. The van der Waals surface area contributed by atoms with Crippen molar-refractivity contribution in [1.82, 2.24) is 19.8 Å². The van der Waals surface area contributed by atoms with E-state index < -0.39 is 0 Å². The van der Waals surface area contributed by atoms with Gasteiger partial charge in [-0.05, 0) is 45.2 Å². The average Bonchev–Trinajstić information content (AvgIpc) is 2.86. The molecule has 0 unspecified atom stereocenters. The van der Waals surface area contributed by atoms with Crippen LogP contribution >= 0.6 is 0 Å². The highest BCUT2D eigenvalue weighted by Crippen LogP contribution is 2.20. The van der Waals surface area contributed by atoms with Crippen LogP contribution < -0.4 is 5.32 Å². The average molecular weight is 318 g/mol. The van der Waals surface area contributed by atoms with Crippen LogP contribution in [0.3, 0.4) is 0 Å². The van der Waals surface area contributed by atoms with Crippen molar-refractivity contribution >= 4 is 5.91 Å². The van der Waals surface area contributed by atoms with Crippen molar-refractivity contribution in [3.8, 4) is 0 Å². The Morgan fingerprint density at radius 2 is 2.09 bits per heavy atom. The van der Waals surface area contributed by atoms with Gasteiger partial charge < -0.3 is 14.8 Å². The Hall–Kier alpha value is -1.36. The Balaban J connectivity index is 1.47. The third-order valence-electron chi connectivity index (χ3n) is 5.04. The Labute approximate surface area is 139 Å². The second kappa shape index (κ2) is 7.04. The molecule has 0 spiro atoms. The standard InChI is InChI=1S/C18H30N4O/c1-13(2)10-21-8-6-15(7-9-21)18(23)20-16-4-5-17-19-14(3)11-22(17)12-16/h11,13,15-16H,4-10,12H2,1-3H3,(H,20,23)/t16-/m1/s1. The normalized spacial score (nSPS) is 23.0. The van der Waals surface area contributed by atoms with Crippen molar-refractivity contribution in [2.45, 2.75) is 59.0 Å². The first-order chi connectivity index (χ1) is 11.0. The molecule has 0 bridgehead atoms. The van der Waals surface area contributed by atoms with Gasteiger partial charge in [0.1, 0.15) is 5.82 Å². The first-order valence-corrected chi connectivity index (χ1v) is 9.06. The number of nitrogens with zero attached hydrogens (tertiary/aromatic N) is 3. The van der Waals surface area contributed by atoms with E-state index in [2.05, 4.69) is 39.8 Å². The van der Waals surface area contributed by atoms with Crippen LogP contribution in [-0.4, -0.2) is 46.0 Å². The van der Waals surface area contributed by atoms with Gasteiger partial charge in [0, 0.05) is 37.7 Å². The Morgan fingerprint density at radius 3 is 2.78 bits per heavy atom. The zero-order chi connectivity index (χ0) is 16.4. The van der Waals surface area contributed by atoms with Crippen molar-refractivity contribution in [3.63, 3.8) is 0 Å². The maximum atomic E-state index is 12.6. The molecule has 3 heterocycles. The fourth-order valence-corrected chi connectivity index (χ4v) is 3.92. The minimum absolute atomic E-state index is 0.198. The van der Waals surface area contributed by atoms with Gasteiger partial charge in [0.2, 0.25) is 5.91 Å². The van der Waals surface area contributed by atoms with Crippen molar-refractivity contribution in [1.29, 1.82) is 0 Å². The quantitative estimate of drug-likeness (QED) is 0.924. The van der Waals surface area contributed by atoms with Gasteiger partial charge in [0.25, 0.3) is 0 Å². The van der Waals surface area contributed by atoms with Crippen LogP contribution in [0.1, 0.15) is 44.6 Å². The third-order valence-corrected chi connectivity index (χ3v) is 5.04. The Kier molecular flexibility index (Phi) is 5.05. The number of aromatic nitrogens is 2. The topological polar surface area (TPSA) is 50.2 Å². The fourth-order valence-electron chi connectivity index (χ4n) is 3.92. The summed E-state index contributed by atoms with van der Waals surface area (Å²) < 4.78 is 2.20. The fraction of sp³-hybridized carbons (Fsp3) is 0.778. The molecule has 128 valence electrons. The number of fused-ring (bicyclic) bond motifs is 1. The number of amides is 1. The second-order valence-electron chi connectivity index (χ2n) is 7.66. The number of aryl methyl sites for hydroxylation is 2. The largest absolute Gasteiger partial charge is 0.351 e. The van der Waals surface area contributed by atoms with Gasteiger partial charge >= 0.3 is 0 Å². The molecule has 3 rings (SSSR count). The molecule has 0 saturated carbocycles. The molecule has 5 nitrogen and oxygen atoms in total. The number of carbonyl (C=O) groups is 1. The van der Waals surface area contributed by atoms with E-state index in [1.54, 1.807) is 0 Å². The molecular weight excluding hydrogens is 288 g/mol. The number of carbonyl (C=O) groups excluding carboxylic acids is 1. The van der Waals surface area contributed by atoms with Crippen LogP contribution in [0, 0.1) is 18.8 Å². The van der Waals surface area contributed by atoms with Gasteiger partial charge in [0.15, 0.2) is 0 Å². The van der Waals surface area contributed by atoms with E-state index in [0.29, 0.717) is 5.92 Å². The Morgan fingerprint density at radius 1 is 1.35 bits per heavy atom. The SMILES string of the molecule is Cc1cn2c(n1)CC[C@@H](NC(=O)C1CCN(CC(C)C)CC1)C2. The van der Waals surface area contributed by atoms with E-state index in [4.69, 9.17) is 0 Å². The Bertz CT molecular complexity index is 543. The third kappa shape index (κ3) is 4.14. The first-order valence-electron chi connectivity index (χ1n) is 9.06. The summed E-state index contributed by atoms with van der Waals surface area (Å²) in [4.78, 5) is 19.6. The molecular formula is C18H30N4O. The van der Waals surface area contributed by atoms with Crippen molar-refractivity contribution < 1.29 is 4.79 Å². The maximum Gasteiger partial charge on any atom is 0.223 e. The lowest BCUT2D eigenvalue weighted by atomic mass is 9.94. The number of piperidine rings is 1. The summed E-state index contributed by atoms with van der Waals surface area (Å²) in [6.07, 6.45) is 6.07. The van der Waals surface area contributed by atoms with Crippen molar-refractivity contribution in [3.05, 3.63) is 17.7 Å². The molecule has 2 aliphatic heterocycles. The highest BCUT2D eigenvalue weighted by molar-refractivity contribution is 5.79. The predicted octanol–water partition coefficient (Wildman–Crippen LogP) is 1.99. The molecule has 23 heavy (non-hydrogen) atoms. The number of likely N-dealkylation sites (tertiary alicyclic amines) is 1. The number of imidazole rings is 1. The lowest BCUT2D eigenvalue weighted by molar-refractivity contribution is -0.127. The summed E-state index contributed by atoms with van der Waals surface area (Å²) in [6.45, 7) is 10.7. The second-order valence-corrected chi connectivity index (χ2v) is 7.66. The first kappa shape index (κ1) is 16.5. The molecule has 1 N–H and O–H groups in total. The molecule has 5 heteroatoms. The zero-order valence-electron chi connectivity index (χ0n) is 14.7. The molecule has 0 radical (unpaired) electrons. The van der Waals surface area contributed by atoms with E-state index in [1.807, 2.05) is 6.92 Å².